The molecule has 2 heterocycles. The van der Waals surface area contributed by atoms with E-state index < -0.39 is 0 Å². The van der Waals surface area contributed by atoms with Gasteiger partial charge in [-0.05, 0) is 30.9 Å². The van der Waals surface area contributed by atoms with Crippen molar-refractivity contribution in [2.75, 3.05) is 25.4 Å². The zero-order chi connectivity index (χ0) is 15.0. The second-order valence-electron chi connectivity index (χ2n) is 5.38. The molecule has 0 aliphatic carbocycles. The third-order valence-corrected chi connectivity index (χ3v) is 5.53. The minimum Gasteiger partial charge on any atom is -0.397 e. The van der Waals surface area contributed by atoms with Crippen molar-refractivity contribution in [3.63, 3.8) is 0 Å². The maximum atomic E-state index is 12.6. The Morgan fingerprint density at radius 1 is 1.43 bits per heavy atom. The van der Waals surface area contributed by atoms with E-state index in [0.29, 0.717) is 34.6 Å². The molecule has 1 aromatic carbocycles. The molecule has 1 aliphatic heterocycles. The number of benzene rings is 1. The number of halogens is 1. The lowest BCUT2D eigenvalue weighted by molar-refractivity contribution is 0.0656. The molecule has 4 nitrogen and oxygen atoms in total. The molecule has 3 rings (SSSR count). The third-order valence-electron chi connectivity index (χ3n) is 4.06. The highest BCUT2D eigenvalue weighted by Gasteiger charge is 2.26. The Kier molecular flexibility index (Phi) is 4.06. The van der Waals surface area contributed by atoms with Gasteiger partial charge in [-0.1, -0.05) is 17.7 Å². The number of likely N-dealkylation sites (tertiary alicyclic amines) is 1. The Labute approximate surface area is 132 Å². The minimum absolute atomic E-state index is 0.0267. The van der Waals surface area contributed by atoms with Crippen molar-refractivity contribution < 1.29 is 9.90 Å². The van der Waals surface area contributed by atoms with Crippen LogP contribution in [0.15, 0.2) is 18.2 Å². The van der Waals surface area contributed by atoms with E-state index in [4.69, 9.17) is 22.4 Å². The Bertz CT molecular complexity index is 678. The van der Waals surface area contributed by atoms with Crippen molar-refractivity contribution in [2.24, 2.45) is 5.92 Å². The molecule has 1 fully saturated rings. The van der Waals surface area contributed by atoms with Crippen molar-refractivity contribution in [1.82, 2.24) is 4.90 Å². The third kappa shape index (κ3) is 2.61. The van der Waals surface area contributed by atoms with Gasteiger partial charge in [-0.25, -0.2) is 0 Å². The number of piperidine rings is 1. The summed E-state index contributed by atoms with van der Waals surface area (Å²) < 4.78 is 0.939. The minimum atomic E-state index is -0.0267. The van der Waals surface area contributed by atoms with Crippen LogP contribution in [0.4, 0.5) is 5.69 Å². The first kappa shape index (κ1) is 14.6. The molecular formula is C15H17ClN2O2S. The van der Waals surface area contributed by atoms with Gasteiger partial charge in [-0.2, -0.15) is 0 Å². The molecule has 0 radical (unpaired) electrons. The fourth-order valence-corrected chi connectivity index (χ4v) is 4.20. The van der Waals surface area contributed by atoms with E-state index in [9.17, 15) is 4.79 Å². The molecule has 0 spiro atoms. The van der Waals surface area contributed by atoms with Crippen LogP contribution in [0, 0.1) is 5.92 Å². The fraction of sp³-hybridized carbons (Fsp3) is 0.400. The first-order chi connectivity index (χ1) is 10.1. The number of nitrogens with two attached hydrogens (primary N) is 1. The maximum Gasteiger partial charge on any atom is 0.266 e. The molecule has 1 aromatic heterocycles. The van der Waals surface area contributed by atoms with E-state index in [1.165, 1.54) is 11.3 Å². The lowest BCUT2D eigenvalue weighted by Gasteiger charge is -2.30. The van der Waals surface area contributed by atoms with Gasteiger partial charge in [0.2, 0.25) is 0 Å². The van der Waals surface area contributed by atoms with Gasteiger partial charge in [0.05, 0.1) is 10.7 Å². The highest BCUT2D eigenvalue weighted by atomic mass is 35.5. The summed E-state index contributed by atoms with van der Waals surface area (Å²) in [6.07, 6.45) is 1.68. The Morgan fingerprint density at radius 2 is 2.14 bits per heavy atom. The summed E-state index contributed by atoms with van der Waals surface area (Å²) in [4.78, 5) is 15.0. The Hall–Kier alpha value is -1.30. The van der Waals surface area contributed by atoms with Crippen molar-refractivity contribution in [2.45, 2.75) is 12.8 Å². The van der Waals surface area contributed by atoms with E-state index in [2.05, 4.69) is 0 Å². The maximum absolute atomic E-state index is 12.6. The van der Waals surface area contributed by atoms with Crippen LogP contribution in [0.5, 0.6) is 0 Å². The number of nitrogen functional groups attached to an aromatic ring is 1. The fourth-order valence-electron chi connectivity index (χ4n) is 2.75. The molecule has 6 heteroatoms. The predicted octanol–water partition coefficient (Wildman–Crippen LogP) is 2.98. The highest BCUT2D eigenvalue weighted by Crippen LogP contribution is 2.38. The standard InChI is InChI=1S/C15H17ClN2O2S/c16-10-2-1-3-11-12(10)13(17)14(21-11)15(20)18-6-4-9(8-19)5-7-18/h1-3,9,19H,4-8,17H2. The number of carbonyl (C=O) groups excluding carboxylic acids is 1. The number of anilines is 1. The molecule has 112 valence electrons. The lowest BCUT2D eigenvalue weighted by Crippen LogP contribution is -2.39. The molecule has 2 aromatic rings. The smallest absolute Gasteiger partial charge is 0.266 e. The number of amides is 1. The number of nitrogens with zero attached hydrogens (tertiary/aromatic N) is 1. The Morgan fingerprint density at radius 3 is 2.76 bits per heavy atom. The SMILES string of the molecule is Nc1c(C(=O)N2CCC(CO)CC2)sc2cccc(Cl)c12. The largest absolute Gasteiger partial charge is 0.397 e. The van der Waals surface area contributed by atoms with Crippen LogP contribution in [-0.2, 0) is 0 Å². The van der Waals surface area contributed by atoms with Crippen LogP contribution in [0.3, 0.4) is 0 Å². The van der Waals surface area contributed by atoms with Gasteiger partial charge < -0.3 is 15.7 Å². The van der Waals surface area contributed by atoms with Crippen LogP contribution in [0.1, 0.15) is 22.5 Å². The second-order valence-corrected chi connectivity index (χ2v) is 6.84. The van der Waals surface area contributed by atoms with Crippen LogP contribution in [0.25, 0.3) is 10.1 Å². The summed E-state index contributed by atoms with van der Waals surface area (Å²) in [7, 11) is 0. The summed E-state index contributed by atoms with van der Waals surface area (Å²) >= 11 is 7.57. The summed E-state index contributed by atoms with van der Waals surface area (Å²) in [5.74, 6) is 0.282. The number of carbonyl (C=O) groups is 1. The van der Waals surface area contributed by atoms with E-state index in [0.717, 1.165) is 22.9 Å². The molecule has 0 saturated carbocycles. The highest BCUT2D eigenvalue weighted by molar-refractivity contribution is 7.21. The van der Waals surface area contributed by atoms with Gasteiger partial charge in [0.25, 0.3) is 5.91 Å². The van der Waals surface area contributed by atoms with E-state index in [-0.39, 0.29) is 12.5 Å². The van der Waals surface area contributed by atoms with E-state index >= 15 is 0 Å². The second kappa shape index (κ2) is 5.83. The quantitative estimate of drug-likeness (QED) is 0.892. The van der Waals surface area contributed by atoms with E-state index in [1.54, 1.807) is 6.07 Å². The predicted molar refractivity (Wildman–Crippen MR) is 87.0 cm³/mol. The first-order valence-electron chi connectivity index (χ1n) is 6.98. The van der Waals surface area contributed by atoms with Crippen molar-refractivity contribution in [1.29, 1.82) is 0 Å². The Balaban J connectivity index is 1.89. The van der Waals surface area contributed by atoms with Gasteiger partial charge >= 0.3 is 0 Å². The van der Waals surface area contributed by atoms with Gasteiger partial charge in [0.15, 0.2) is 0 Å². The molecule has 1 amide bonds. The number of thiophene rings is 1. The molecule has 0 unspecified atom stereocenters. The molecule has 1 aliphatic rings. The molecule has 21 heavy (non-hydrogen) atoms. The normalized spacial score (nSPS) is 16.6. The number of rotatable bonds is 2. The molecule has 0 bridgehead atoms. The van der Waals surface area contributed by atoms with Gasteiger partial charge in [-0.3, -0.25) is 4.79 Å². The monoisotopic (exact) mass is 324 g/mol. The van der Waals surface area contributed by atoms with Crippen molar-refractivity contribution in [3.05, 3.63) is 28.1 Å². The van der Waals surface area contributed by atoms with Gasteiger partial charge in [0, 0.05) is 29.8 Å². The zero-order valence-corrected chi connectivity index (χ0v) is 13.1. The molecule has 0 atom stereocenters. The van der Waals surface area contributed by atoms with Crippen molar-refractivity contribution in [3.8, 4) is 0 Å². The molecular weight excluding hydrogens is 308 g/mol. The molecule has 1 saturated heterocycles. The average molecular weight is 325 g/mol. The average Bonchev–Trinajstić information content (AvgIpc) is 2.85. The topological polar surface area (TPSA) is 66.6 Å². The number of fused-ring (bicyclic) bond motifs is 1. The van der Waals surface area contributed by atoms with Gasteiger partial charge in [0.1, 0.15) is 4.88 Å². The van der Waals surface area contributed by atoms with Crippen molar-refractivity contribution >= 4 is 44.6 Å². The number of aliphatic hydroxyl groups is 1. The van der Waals surface area contributed by atoms with Crippen LogP contribution < -0.4 is 5.73 Å². The number of hydrogen-bond acceptors (Lipinski definition) is 4. The number of hydrogen-bond donors (Lipinski definition) is 2. The van der Waals surface area contributed by atoms with E-state index in [1.807, 2.05) is 17.0 Å². The first-order valence-corrected chi connectivity index (χ1v) is 8.18. The summed E-state index contributed by atoms with van der Waals surface area (Å²) in [6.45, 7) is 1.54. The molecule has 3 N–H and O–H groups in total. The summed E-state index contributed by atoms with van der Waals surface area (Å²) in [5, 5.41) is 10.5. The summed E-state index contributed by atoms with van der Waals surface area (Å²) in [6, 6.07) is 5.58. The number of aliphatic hydroxyl groups excluding tert-OH is 1. The van der Waals surface area contributed by atoms with Crippen LogP contribution >= 0.6 is 22.9 Å². The van der Waals surface area contributed by atoms with Crippen LogP contribution in [-0.4, -0.2) is 35.6 Å². The van der Waals surface area contributed by atoms with Gasteiger partial charge in [-0.15, -0.1) is 11.3 Å². The lowest BCUT2D eigenvalue weighted by atomic mass is 9.98. The van der Waals surface area contributed by atoms with Crippen LogP contribution in [0.2, 0.25) is 5.02 Å². The summed E-state index contributed by atoms with van der Waals surface area (Å²) in [5.41, 5.74) is 6.62. The zero-order valence-electron chi connectivity index (χ0n) is 11.5.